The number of nitrogens with one attached hydrogen (secondary N) is 1. The minimum Gasteiger partial charge on any atom is -0.464 e. The van der Waals surface area contributed by atoms with Gasteiger partial charge in [-0.3, -0.25) is 4.79 Å². The van der Waals surface area contributed by atoms with Crippen molar-refractivity contribution in [2.24, 2.45) is 5.41 Å². The number of carbonyl (C=O) groups is 2. The third kappa shape index (κ3) is 2.72. The van der Waals surface area contributed by atoms with Gasteiger partial charge >= 0.3 is 5.97 Å². The highest BCUT2D eigenvalue weighted by atomic mass is 16.5. The van der Waals surface area contributed by atoms with Crippen LogP contribution in [0.3, 0.4) is 0 Å². The molecular formula is C17H22N2O4. The molecule has 0 radical (unpaired) electrons. The van der Waals surface area contributed by atoms with E-state index in [1.807, 2.05) is 6.92 Å². The molecule has 6 heteroatoms. The first-order valence-corrected chi connectivity index (χ1v) is 8.07. The fraction of sp³-hybridized carbons (Fsp3) is 0.588. The predicted molar refractivity (Wildman–Crippen MR) is 83.1 cm³/mol. The van der Waals surface area contributed by atoms with Crippen molar-refractivity contribution in [3.05, 3.63) is 29.6 Å². The molecule has 2 saturated carbocycles. The molecule has 0 aromatic carbocycles. The Morgan fingerprint density at radius 1 is 1.39 bits per heavy atom. The summed E-state index contributed by atoms with van der Waals surface area (Å²) in [6.45, 7) is 2.72. The summed E-state index contributed by atoms with van der Waals surface area (Å²) < 4.78 is 10.4. The summed E-state index contributed by atoms with van der Waals surface area (Å²) in [5.74, 6) is -0.663. The molecule has 1 amide bonds. The molecule has 23 heavy (non-hydrogen) atoms. The van der Waals surface area contributed by atoms with Crippen LogP contribution in [-0.4, -0.2) is 42.7 Å². The number of hydrogen-bond donors (Lipinski definition) is 1. The second-order valence-corrected chi connectivity index (χ2v) is 6.22. The van der Waals surface area contributed by atoms with Gasteiger partial charge in [-0.1, -0.05) is 6.42 Å². The van der Waals surface area contributed by atoms with E-state index in [1.165, 1.54) is 25.8 Å². The average molecular weight is 318 g/mol. The molecule has 0 bridgehead atoms. The van der Waals surface area contributed by atoms with Gasteiger partial charge in [-0.05, 0) is 38.3 Å². The number of aromatic nitrogens is 1. The fourth-order valence-corrected chi connectivity index (χ4v) is 3.64. The monoisotopic (exact) mass is 318 g/mol. The van der Waals surface area contributed by atoms with Gasteiger partial charge in [-0.25, -0.2) is 9.78 Å². The summed E-state index contributed by atoms with van der Waals surface area (Å²) in [4.78, 5) is 27.7. The Bertz CT molecular complexity index is 595. The molecule has 1 N–H and O–H groups in total. The van der Waals surface area contributed by atoms with Gasteiger partial charge in [0.2, 0.25) is 0 Å². The molecule has 3 rings (SSSR count). The summed E-state index contributed by atoms with van der Waals surface area (Å²) in [5.41, 5.74) is 0.775. The summed E-state index contributed by atoms with van der Waals surface area (Å²) in [6.07, 6.45) is 5.97. The number of nitrogens with zero attached hydrogens (tertiary/aromatic N) is 1. The highest BCUT2D eigenvalue weighted by Gasteiger charge is 2.59. The number of carbonyl (C=O) groups excluding carboxylic acids is 2. The van der Waals surface area contributed by atoms with E-state index in [9.17, 15) is 9.59 Å². The van der Waals surface area contributed by atoms with E-state index in [1.54, 1.807) is 6.07 Å². The van der Waals surface area contributed by atoms with Gasteiger partial charge in [0.1, 0.15) is 5.69 Å². The SMILES string of the molecule is CCO[C@@H]1C[C@H](NC(=O)c2ccc(C(=O)OC)nc2)C12CCC2. The average Bonchev–Trinajstić information content (AvgIpc) is 2.51. The van der Waals surface area contributed by atoms with Crippen LogP contribution in [0.15, 0.2) is 18.3 Å². The predicted octanol–water partition coefficient (Wildman–Crippen LogP) is 1.95. The summed E-state index contributed by atoms with van der Waals surface area (Å²) >= 11 is 0. The zero-order valence-electron chi connectivity index (χ0n) is 13.5. The highest BCUT2D eigenvalue weighted by Crippen LogP contribution is 2.57. The van der Waals surface area contributed by atoms with Crippen molar-refractivity contribution in [1.82, 2.24) is 10.3 Å². The Kier molecular flexibility index (Phi) is 4.35. The third-order valence-electron chi connectivity index (χ3n) is 5.16. The van der Waals surface area contributed by atoms with Crippen molar-refractivity contribution < 1.29 is 19.1 Å². The van der Waals surface area contributed by atoms with Crippen LogP contribution in [0.25, 0.3) is 0 Å². The smallest absolute Gasteiger partial charge is 0.356 e. The highest BCUT2D eigenvalue weighted by molar-refractivity contribution is 5.95. The molecule has 2 aliphatic rings. The Labute approximate surface area is 135 Å². The van der Waals surface area contributed by atoms with Crippen molar-refractivity contribution in [2.45, 2.75) is 44.8 Å². The number of ether oxygens (including phenoxy) is 2. The van der Waals surface area contributed by atoms with Crippen molar-refractivity contribution in [3.63, 3.8) is 0 Å². The van der Waals surface area contributed by atoms with Gasteiger partial charge in [0, 0.05) is 24.3 Å². The van der Waals surface area contributed by atoms with Crippen LogP contribution in [0.1, 0.15) is 53.5 Å². The number of hydrogen-bond acceptors (Lipinski definition) is 5. The van der Waals surface area contributed by atoms with E-state index < -0.39 is 5.97 Å². The maximum atomic E-state index is 12.4. The molecule has 2 aliphatic carbocycles. The Morgan fingerprint density at radius 2 is 2.17 bits per heavy atom. The van der Waals surface area contributed by atoms with Crippen molar-refractivity contribution >= 4 is 11.9 Å². The topological polar surface area (TPSA) is 77.5 Å². The largest absolute Gasteiger partial charge is 0.464 e. The zero-order chi connectivity index (χ0) is 16.4. The number of esters is 1. The lowest BCUT2D eigenvalue weighted by Gasteiger charge is -2.61. The molecule has 1 heterocycles. The lowest BCUT2D eigenvalue weighted by molar-refractivity contribution is -0.169. The van der Waals surface area contributed by atoms with Crippen LogP contribution in [-0.2, 0) is 9.47 Å². The second kappa shape index (κ2) is 6.28. The van der Waals surface area contributed by atoms with Crippen molar-refractivity contribution in [3.8, 4) is 0 Å². The van der Waals surface area contributed by atoms with Crippen molar-refractivity contribution in [1.29, 1.82) is 0 Å². The van der Waals surface area contributed by atoms with E-state index in [0.717, 1.165) is 19.3 Å². The standard InChI is InChI=1S/C17H22N2O4/c1-3-23-14-9-13(17(14)7-4-8-17)19-15(20)11-5-6-12(18-10-11)16(21)22-2/h5-6,10,13-14H,3-4,7-9H2,1-2H3,(H,19,20)/t13-,14+/m0/s1. The van der Waals surface area contributed by atoms with E-state index >= 15 is 0 Å². The molecule has 0 unspecified atom stereocenters. The van der Waals surface area contributed by atoms with Crippen LogP contribution in [0.5, 0.6) is 0 Å². The number of methoxy groups -OCH3 is 1. The maximum absolute atomic E-state index is 12.4. The Morgan fingerprint density at radius 3 is 2.70 bits per heavy atom. The van der Waals surface area contributed by atoms with E-state index in [2.05, 4.69) is 15.0 Å². The van der Waals surface area contributed by atoms with E-state index in [0.29, 0.717) is 12.2 Å². The van der Waals surface area contributed by atoms with Gasteiger partial charge < -0.3 is 14.8 Å². The second-order valence-electron chi connectivity index (χ2n) is 6.22. The van der Waals surface area contributed by atoms with Crippen LogP contribution >= 0.6 is 0 Å². The molecule has 1 aromatic heterocycles. The zero-order valence-corrected chi connectivity index (χ0v) is 13.5. The normalized spacial score (nSPS) is 24.4. The first-order chi connectivity index (χ1) is 11.1. The molecule has 6 nitrogen and oxygen atoms in total. The Hall–Kier alpha value is -1.95. The van der Waals surface area contributed by atoms with Gasteiger partial charge in [-0.15, -0.1) is 0 Å². The quantitative estimate of drug-likeness (QED) is 0.840. The number of pyridine rings is 1. The first-order valence-electron chi connectivity index (χ1n) is 8.07. The van der Waals surface area contributed by atoms with Crippen LogP contribution in [0.4, 0.5) is 0 Å². The minimum absolute atomic E-state index is 0.130. The van der Waals surface area contributed by atoms with Gasteiger partial charge in [0.25, 0.3) is 5.91 Å². The van der Waals surface area contributed by atoms with Gasteiger partial charge in [0.15, 0.2) is 0 Å². The minimum atomic E-state index is -0.510. The number of rotatable bonds is 5. The lowest BCUT2D eigenvalue weighted by Crippen LogP contribution is -2.67. The first kappa shape index (κ1) is 15.9. The maximum Gasteiger partial charge on any atom is 0.356 e. The van der Waals surface area contributed by atoms with Crippen LogP contribution in [0, 0.1) is 5.41 Å². The molecule has 2 fully saturated rings. The lowest BCUT2D eigenvalue weighted by atomic mass is 9.51. The number of amides is 1. The summed E-state index contributed by atoms with van der Waals surface area (Å²) in [6, 6.07) is 3.27. The summed E-state index contributed by atoms with van der Waals surface area (Å²) in [7, 11) is 1.30. The van der Waals surface area contributed by atoms with Crippen LogP contribution in [0.2, 0.25) is 0 Å². The molecular weight excluding hydrogens is 296 g/mol. The third-order valence-corrected chi connectivity index (χ3v) is 5.16. The van der Waals surface area contributed by atoms with Gasteiger partial charge in [-0.2, -0.15) is 0 Å². The molecule has 0 saturated heterocycles. The molecule has 0 aliphatic heterocycles. The van der Waals surface area contributed by atoms with E-state index in [4.69, 9.17) is 4.74 Å². The summed E-state index contributed by atoms with van der Waals surface area (Å²) in [5, 5.41) is 3.10. The Balaban J connectivity index is 1.62. The fourth-order valence-electron chi connectivity index (χ4n) is 3.64. The molecule has 2 atom stereocenters. The van der Waals surface area contributed by atoms with Crippen LogP contribution < -0.4 is 5.32 Å². The van der Waals surface area contributed by atoms with Crippen molar-refractivity contribution in [2.75, 3.05) is 13.7 Å². The van der Waals surface area contributed by atoms with Gasteiger partial charge in [0.05, 0.1) is 18.8 Å². The molecule has 124 valence electrons. The van der Waals surface area contributed by atoms with E-state index in [-0.39, 0.29) is 29.2 Å². The molecule has 1 aromatic rings. The molecule has 1 spiro atoms.